The zero-order chi connectivity index (χ0) is 22.7. The third-order valence-corrected chi connectivity index (χ3v) is 7.19. The van der Waals surface area contributed by atoms with E-state index < -0.39 is 0 Å². The number of nitrogens with zero attached hydrogens (tertiary/aromatic N) is 4. The van der Waals surface area contributed by atoms with Crippen molar-refractivity contribution in [3.63, 3.8) is 0 Å². The quantitative estimate of drug-likeness (QED) is 0.706. The number of aromatic nitrogens is 3. The zero-order valence-electron chi connectivity index (χ0n) is 19.8. The van der Waals surface area contributed by atoms with Crippen LogP contribution >= 0.6 is 0 Å². The number of aryl methyl sites for hydroxylation is 2. The number of amides is 2. The first-order chi connectivity index (χ1) is 15.5. The Morgan fingerprint density at radius 3 is 2.62 bits per heavy atom. The summed E-state index contributed by atoms with van der Waals surface area (Å²) in [5, 5.41) is 7.88. The SMILES string of the molecule is CCCNC(=O)CCc1c(C)nc2cc(C3CCCCN3C(=O)C3CCCC3)nn2c1C. The highest BCUT2D eigenvalue weighted by Gasteiger charge is 2.35. The molecule has 2 aromatic heterocycles. The van der Waals surface area contributed by atoms with E-state index in [1.165, 1.54) is 12.8 Å². The molecule has 1 N–H and O–H groups in total. The minimum absolute atomic E-state index is 0.0431. The summed E-state index contributed by atoms with van der Waals surface area (Å²) in [6.07, 6.45) is 9.61. The summed E-state index contributed by atoms with van der Waals surface area (Å²) >= 11 is 0. The van der Waals surface area contributed by atoms with Crippen molar-refractivity contribution < 1.29 is 9.59 Å². The number of rotatable bonds is 7. The maximum atomic E-state index is 13.2. The van der Waals surface area contributed by atoms with E-state index >= 15 is 0 Å². The van der Waals surface area contributed by atoms with Gasteiger partial charge < -0.3 is 10.2 Å². The number of carbonyl (C=O) groups excluding carboxylic acids is 2. The highest BCUT2D eigenvalue weighted by atomic mass is 16.2. The van der Waals surface area contributed by atoms with Crippen LogP contribution in [0.4, 0.5) is 0 Å². The molecule has 7 nitrogen and oxygen atoms in total. The van der Waals surface area contributed by atoms with E-state index in [1.807, 2.05) is 11.4 Å². The van der Waals surface area contributed by atoms with E-state index in [-0.39, 0.29) is 17.9 Å². The van der Waals surface area contributed by atoms with E-state index in [0.717, 1.165) is 73.4 Å². The molecule has 2 aromatic rings. The average Bonchev–Trinajstić information content (AvgIpc) is 3.47. The summed E-state index contributed by atoms with van der Waals surface area (Å²) in [6.45, 7) is 7.66. The van der Waals surface area contributed by atoms with E-state index in [4.69, 9.17) is 10.1 Å². The summed E-state index contributed by atoms with van der Waals surface area (Å²) in [4.78, 5) is 32.2. The van der Waals surface area contributed by atoms with Crippen molar-refractivity contribution in [1.82, 2.24) is 24.8 Å². The molecule has 1 aliphatic carbocycles. The van der Waals surface area contributed by atoms with Crippen molar-refractivity contribution >= 4 is 17.5 Å². The molecule has 0 radical (unpaired) electrons. The Kier molecular flexibility index (Phi) is 7.11. The van der Waals surface area contributed by atoms with Crippen LogP contribution in [0.15, 0.2) is 6.07 Å². The third kappa shape index (κ3) is 4.66. The molecule has 7 heteroatoms. The van der Waals surface area contributed by atoms with Gasteiger partial charge in [0.05, 0.1) is 11.7 Å². The van der Waals surface area contributed by atoms with Crippen LogP contribution in [0.1, 0.15) is 93.4 Å². The van der Waals surface area contributed by atoms with Gasteiger partial charge in [0, 0.05) is 42.9 Å². The van der Waals surface area contributed by atoms with E-state index in [0.29, 0.717) is 25.3 Å². The van der Waals surface area contributed by atoms with Gasteiger partial charge in [-0.1, -0.05) is 19.8 Å². The molecule has 0 spiro atoms. The van der Waals surface area contributed by atoms with Gasteiger partial charge >= 0.3 is 0 Å². The smallest absolute Gasteiger partial charge is 0.226 e. The minimum Gasteiger partial charge on any atom is -0.356 e. The van der Waals surface area contributed by atoms with Crippen LogP contribution in [0, 0.1) is 19.8 Å². The molecule has 1 atom stereocenters. The standard InChI is InChI=1S/C25H37N5O2/c1-4-14-26-24(31)13-12-20-17(2)27-23-16-21(28-30(23)18(20)3)22-11-7-8-15-29(22)25(32)19-9-5-6-10-19/h16,19,22H,4-15H2,1-3H3,(H,26,31). The van der Waals surface area contributed by atoms with Crippen LogP contribution in [0.2, 0.25) is 0 Å². The normalized spacial score (nSPS) is 19.6. The maximum absolute atomic E-state index is 13.2. The van der Waals surface area contributed by atoms with Crippen molar-refractivity contribution in [2.24, 2.45) is 5.92 Å². The first kappa shape index (κ1) is 22.7. The number of nitrogens with one attached hydrogen (secondary N) is 1. The summed E-state index contributed by atoms with van der Waals surface area (Å²) in [5.74, 6) is 0.597. The van der Waals surface area contributed by atoms with Gasteiger partial charge in [-0.15, -0.1) is 0 Å². The Balaban J connectivity index is 1.57. The van der Waals surface area contributed by atoms with Gasteiger partial charge in [-0.2, -0.15) is 5.10 Å². The predicted octanol–water partition coefficient (Wildman–Crippen LogP) is 4.05. The Morgan fingerprint density at radius 2 is 1.88 bits per heavy atom. The lowest BCUT2D eigenvalue weighted by Crippen LogP contribution is -2.41. The highest BCUT2D eigenvalue weighted by Crippen LogP contribution is 2.35. The second kappa shape index (κ2) is 10.0. The van der Waals surface area contributed by atoms with Crippen LogP contribution in [0.5, 0.6) is 0 Å². The maximum Gasteiger partial charge on any atom is 0.226 e. The van der Waals surface area contributed by atoms with Gasteiger partial charge in [-0.05, 0) is 64.4 Å². The largest absolute Gasteiger partial charge is 0.356 e. The highest BCUT2D eigenvalue weighted by molar-refractivity contribution is 5.79. The molecule has 3 heterocycles. The number of carbonyl (C=O) groups is 2. The lowest BCUT2D eigenvalue weighted by Gasteiger charge is -2.36. The third-order valence-electron chi connectivity index (χ3n) is 7.19. The molecule has 1 saturated heterocycles. The van der Waals surface area contributed by atoms with E-state index in [1.54, 1.807) is 0 Å². The van der Waals surface area contributed by atoms with E-state index in [2.05, 4.69) is 30.1 Å². The van der Waals surface area contributed by atoms with Gasteiger partial charge in [-0.25, -0.2) is 9.50 Å². The average molecular weight is 440 g/mol. The van der Waals surface area contributed by atoms with Crippen LogP contribution in [0.25, 0.3) is 5.65 Å². The van der Waals surface area contributed by atoms with Crippen molar-refractivity contribution in [1.29, 1.82) is 0 Å². The van der Waals surface area contributed by atoms with Gasteiger partial charge in [0.1, 0.15) is 0 Å². The molecule has 2 fully saturated rings. The predicted molar refractivity (Wildman–Crippen MR) is 124 cm³/mol. The number of hydrogen-bond acceptors (Lipinski definition) is 4. The topological polar surface area (TPSA) is 79.6 Å². The number of piperidine rings is 1. The molecular formula is C25H37N5O2. The van der Waals surface area contributed by atoms with Crippen LogP contribution in [-0.2, 0) is 16.0 Å². The fraction of sp³-hybridized carbons (Fsp3) is 0.680. The molecule has 4 rings (SSSR count). The van der Waals surface area contributed by atoms with Crippen LogP contribution < -0.4 is 5.32 Å². The number of hydrogen-bond donors (Lipinski definition) is 1. The van der Waals surface area contributed by atoms with Crippen molar-refractivity contribution in [3.05, 3.63) is 28.7 Å². The Bertz CT molecular complexity index is 976. The fourth-order valence-corrected chi connectivity index (χ4v) is 5.37. The second-order valence-electron chi connectivity index (χ2n) is 9.47. The summed E-state index contributed by atoms with van der Waals surface area (Å²) < 4.78 is 1.91. The molecule has 32 heavy (non-hydrogen) atoms. The molecular weight excluding hydrogens is 402 g/mol. The summed E-state index contributed by atoms with van der Waals surface area (Å²) in [7, 11) is 0. The van der Waals surface area contributed by atoms with Crippen molar-refractivity contribution in [2.75, 3.05) is 13.1 Å². The molecule has 1 aliphatic heterocycles. The Labute approximate surface area is 191 Å². The van der Waals surface area contributed by atoms with Gasteiger partial charge in [-0.3, -0.25) is 9.59 Å². The summed E-state index contributed by atoms with van der Waals surface area (Å²) in [5.41, 5.74) is 4.84. The van der Waals surface area contributed by atoms with Crippen molar-refractivity contribution in [3.8, 4) is 0 Å². The van der Waals surface area contributed by atoms with Crippen molar-refractivity contribution in [2.45, 2.75) is 91.0 Å². The number of likely N-dealkylation sites (tertiary alicyclic amines) is 1. The van der Waals surface area contributed by atoms with Gasteiger partial charge in [0.25, 0.3) is 0 Å². The van der Waals surface area contributed by atoms with E-state index in [9.17, 15) is 9.59 Å². The lowest BCUT2D eigenvalue weighted by molar-refractivity contribution is -0.139. The summed E-state index contributed by atoms with van der Waals surface area (Å²) in [6, 6.07) is 2.10. The first-order valence-corrected chi connectivity index (χ1v) is 12.4. The van der Waals surface area contributed by atoms with Gasteiger partial charge in [0.2, 0.25) is 11.8 Å². The first-order valence-electron chi connectivity index (χ1n) is 12.4. The lowest BCUT2D eigenvalue weighted by atomic mass is 9.96. The minimum atomic E-state index is 0.0431. The Hall–Kier alpha value is -2.44. The Morgan fingerprint density at radius 1 is 1.12 bits per heavy atom. The molecule has 1 unspecified atom stereocenters. The molecule has 2 aliphatic rings. The fourth-order valence-electron chi connectivity index (χ4n) is 5.37. The molecule has 2 amide bonds. The van der Waals surface area contributed by atoms with Crippen LogP contribution in [0.3, 0.4) is 0 Å². The zero-order valence-corrected chi connectivity index (χ0v) is 19.8. The van der Waals surface area contributed by atoms with Gasteiger partial charge in [0.15, 0.2) is 5.65 Å². The number of fused-ring (bicyclic) bond motifs is 1. The molecule has 0 aromatic carbocycles. The molecule has 174 valence electrons. The second-order valence-corrected chi connectivity index (χ2v) is 9.47. The monoisotopic (exact) mass is 439 g/mol. The molecule has 1 saturated carbocycles. The van der Waals surface area contributed by atoms with Crippen LogP contribution in [-0.4, -0.2) is 44.4 Å². The molecule has 0 bridgehead atoms.